The van der Waals surface area contributed by atoms with Gasteiger partial charge in [0.05, 0.1) is 10.5 Å². The monoisotopic (exact) mass is 275 g/mol. The fraction of sp³-hybridized carbons (Fsp3) is 0.400. The topological polar surface area (TPSA) is 12.9 Å². The number of aromatic nitrogens is 1. The van der Waals surface area contributed by atoms with Crippen LogP contribution in [0, 0.1) is 0 Å². The third-order valence-electron chi connectivity index (χ3n) is 2.89. The molecule has 18 heavy (non-hydrogen) atoms. The second-order valence-corrected chi connectivity index (χ2v) is 12.6. The molecular formula is C15H21NSSi. The maximum absolute atomic E-state index is 4.68. The SMILES string of the molecule is C[Si](C)(C)CCCSc1ccc2ccccc2n1. The van der Waals surface area contributed by atoms with E-state index >= 15 is 0 Å². The van der Waals surface area contributed by atoms with Crippen LogP contribution in [0.15, 0.2) is 41.4 Å². The van der Waals surface area contributed by atoms with Crippen molar-refractivity contribution >= 4 is 30.7 Å². The molecule has 0 atom stereocenters. The predicted molar refractivity (Wildman–Crippen MR) is 85.2 cm³/mol. The Morgan fingerprint density at radius 2 is 1.83 bits per heavy atom. The van der Waals surface area contributed by atoms with Gasteiger partial charge in [-0.15, -0.1) is 11.8 Å². The van der Waals surface area contributed by atoms with E-state index in [-0.39, 0.29) is 0 Å². The maximum Gasteiger partial charge on any atom is 0.0967 e. The van der Waals surface area contributed by atoms with E-state index in [0.29, 0.717) is 0 Å². The summed E-state index contributed by atoms with van der Waals surface area (Å²) in [5.74, 6) is 1.19. The summed E-state index contributed by atoms with van der Waals surface area (Å²) in [5, 5.41) is 2.38. The highest BCUT2D eigenvalue weighted by molar-refractivity contribution is 7.99. The number of hydrogen-bond acceptors (Lipinski definition) is 2. The van der Waals surface area contributed by atoms with Crippen LogP contribution in [0.5, 0.6) is 0 Å². The molecule has 0 spiro atoms. The zero-order valence-electron chi connectivity index (χ0n) is 11.4. The van der Waals surface area contributed by atoms with Crippen LogP contribution in [0.2, 0.25) is 25.7 Å². The lowest BCUT2D eigenvalue weighted by atomic mass is 10.2. The lowest BCUT2D eigenvalue weighted by Gasteiger charge is -2.14. The van der Waals surface area contributed by atoms with Crippen LogP contribution >= 0.6 is 11.8 Å². The molecule has 2 rings (SSSR count). The molecule has 3 heteroatoms. The van der Waals surface area contributed by atoms with E-state index in [9.17, 15) is 0 Å². The van der Waals surface area contributed by atoms with E-state index in [1.807, 2.05) is 11.8 Å². The molecule has 1 nitrogen and oxygen atoms in total. The van der Waals surface area contributed by atoms with Crippen molar-refractivity contribution in [3.63, 3.8) is 0 Å². The van der Waals surface area contributed by atoms with Crippen LogP contribution in [-0.4, -0.2) is 18.8 Å². The lowest BCUT2D eigenvalue weighted by Crippen LogP contribution is -2.18. The molecule has 1 aromatic heterocycles. The summed E-state index contributed by atoms with van der Waals surface area (Å²) in [6.07, 6.45) is 1.31. The molecule has 2 aromatic rings. The van der Waals surface area contributed by atoms with Gasteiger partial charge in [0.25, 0.3) is 0 Å². The van der Waals surface area contributed by atoms with E-state index in [2.05, 4.69) is 61.0 Å². The minimum atomic E-state index is -0.873. The number of fused-ring (bicyclic) bond motifs is 1. The molecule has 0 radical (unpaired) electrons. The summed E-state index contributed by atoms with van der Waals surface area (Å²) in [5.41, 5.74) is 1.10. The first-order valence-corrected chi connectivity index (χ1v) is 11.2. The van der Waals surface area contributed by atoms with Gasteiger partial charge >= 0.3 is 0 Å². The number of benzene rings is 1. The average Bonchev–Trinajstić information content (AvgIpc) is 2.33. The minimum absolute atomic E-state index is 0.873. The Morgan fingerprint density at radius 3 is 2.61 bits per heavy atom. The number of pyridine rings is 1. The van der Waals surface area contributed by atoms with E-state index in [0.717, 1.165) is 10.5 Å². The van der Waals surface area contributed by atoms with Gasteiger partial charge in [0.15, 0.2) is 0 Å². The smallest absolute Gasteiger partial charge is 0.0967 e. The largest absolute Gasteiger partial charge is 0.241 e. The number of thioether (sulfide) groups is 1. The van der Waals surface area contributed by atoms with Crippen LogP contribution in [0.4, 0.5) is 0 Å². The Bertz CT molecular complexity index is 519. The first-order chi connectivity index (χ1) is 8.54. The summed E-state index contributed by atoms with van der Waals surface area (Å²) in [6.45, 7) is 7.31. The van der Waals surface area contributed by atoms with Crippen LogP contribution < -0.4 is 0 Å². The molecule has 0 amide bonds. The molecule has 1 heterocycles. The first kappa shape index (κ1) is 13.6. The highest BCUT2D eigenvalue weighted by Gasteiger charge is 2.11. The van der Waals surface area contributed by atoms with Crippen LogP contribution in [-0.2, 0) is 0 Å². The number of hydrogen-bond donors (Lipinski definition) is 0. The van der Waals surface area contributed by atoms with Crippen molar-refractivity contribution in [1.29, 1.82) is 0 Å². The van der Waals surface area contributed by atoms with Gasteiger partial charge in [0, 0.05) is 13.5 Å². The first-order valence-electron chi connectivity index (χ1n) is 6.53. The molecule has 0 aliphatic carbocycles. The lowest BCUT2D eigenvalue weighted by molar-refractivity contribution is 1.05. The summed E-state index contributed by atoms with van der Waals surface area (Å²) in [4.78, 5) is 4.68. The second-order valence-electron chi connectivity index (χ2n) is 5.85. The molecule has 0 unspecified atom stereocenters. The predicted octanol–water partition coefficient (Wildman–Crippen LogP) is 5.06. The van der Waals surface area contributed by atoms with E-state index in [1.54, 1.807) is 0 Å². The van der Waals surface area contributed by atoms with Crippen LogP contribution in [0.1, 0.15) is 6.42 Å². The number of nitrogens with zero attached hydrogens (tertiary/aromatic N) is 1. The third-order valence-corrected chi connectivity index (χ3v) is 5.76. The maximum atomic E-state index is 4.68. The van der Waals surface area contributed by atoms with Gasteiger partial charge in [-0.25, -0.2) is 4.98 Å². The van der Waals surface area contributed by atoms with Gasteiger partial charge in [-0.3, -0.25) is 0 Å². The highest BCUT2D eigenvalue weighted by Crippen LogP contribution is 2.22. The summed E-state index contributed by atoms with van der Waals surface area (Å²) in [6, 6.07) is 14.0. The average molecular weight is 275 g/mol. The molecule has 0 aliphatic rings. The fourth-order valence-electron chi connectivity index (χ4n) is 1.91. The summed E-state index contributed by atoms with van der Waals surface area (Å²) >= 11 is 1.89. The fourth-order valence-corrected chi connectivity index (χ4v) is 4.23. The Morgan fingerprint density at radius 1 is 1.06 bits per heavy atom. The molecule has 0 N–H and O–H groups in total. The Labute approximate surface area is 115 Å². The van der Waals surface area contributed by atoms with Crippen molar-refractivity contribution in [2.24, 2.45) is 0 Å². The highest BCUT2D eigenvalue weighted by atomic mass is 32.2. The molecule has 0 fully saturated rings. The summed E-state index contributed by atoms with van der Waals surface area (Å²) < 4.78 is 0. The summed E-state index contributed by atoms with van der Waals surface area (Å²) in [7, 11) is -0.873. The molecule has 1 aromatic carbocycles. The van der Waals surface area contributed by atoms with Crippen molar-refractivity contribution in [3.05, 3.63) is 36.4 Å². The minimum Gasteiger partial charge on any atom is -0.241 e. The van der Waals surface area contributed by atoms with E-state index in [4.69, 9.17) is 0 Å². The Kier molecular flexibility index (Phi) is 4.46. The van der Waals surface area contributed by atoms with E-state index < -0.39 is 8.07 Å². The molecule has 0 aliphatic heterocycles. The quantitative estimate of drug-likeness (QED) is 0.430. The number of para-hydroxylation sites is 1. The van der Waals surface area contributed by atoms with Crippen molar-refractivity contribution < 1.29 is 0 Å². The Hall–Kier alpha value is -0.803. The van der Waals surface area contributed by atoms with E-state index in [1.165, 1.54) is 23.6 Å². The van der Waals surface area contributed by atoms with Crippen molar-refractivity contribution in [1.82, 2.24) is 4.98 Å². The van der Waals surface area contributed by atoms with Crippen LogP contribution in [0.3, 0.4) is 0 Å². The normalized spacial score (nSPS) is 11.9. The standard InChI is InChI=1S/C15H21NSSi/c1-18(2,3)12-6-11-17-15-10-9-13-7-4-5-8-14(13)16-15/h4-5,7-10H,6,11-12H2,1-3H3. The molecule has 96 valence electrons. The van der Waals surface area contributed by atoms with Crippen molar-refractivity contribution in [2.75, 3.05) is 5.75 Å². The zero-order chi connectivity index (χ0) is 13.0. The Balaban J connectivity index is 1.92. The van der Waals surface area contributed by atoms with Crippen LogP contribution in [0.25, 0.3) is 10.9 Å². The van der Waals surface area contributed by atoms with Gasteiger partial charge in [-0.1, -0.05) is 50.0 Å². The van der Waals surface area contributed by atoms with Gasteiger partial charge in [-0.2, -0.15) is 0 Å². The van der Waals surface area contributed by atoms with Gasteiger partial charge in [0.2, 0.25) is 0 Å². The molecule has 0 bridgehead atoms. The van der Waals surface area contributed by atoms with Gasteiger partial charge < -0.3 is 0 Å². The third kappa shape index (κ3) is 4.14. The molecule has 0 saturated carbocycles. The second kappa shape index (κ2) is 5.89. The van der Waals surface area contributed by atoms with Gasteiger partial charge in [0.1, 0.15) is 0 Å². The zero-order valence-corrected chi connectivity index (χ0v) is 13.3. The van der Waals surface area contributed by atoms with Gasteiger partial charge in [-0.05, 0) is 24.3 Å². The number of rotatable bonds is 5. The van der Waals surface area contributed by atoms with Crippen molar-refractivity contribution in [3.8, 4) is 0 Å². The molecule has 0 saturated heterocycles. The molecular weight excluding hydrogens is 254 g/mol. The van der Waals surface area contributed by atoms with Crippen molar-refractivity contribution in [2.45, 2.75) is 37.1 Å².